The van der Waals surface area contributed by atoms with E-state index in [0.717, 1.165) is 34.5 Å². The zero-order chi connectivity index (χ0) is 20.9. The van der Waals surface area contributed by atoms with E-state index in [0.29, 0.717) is 12.1 Å². The summed E-state index contributed by atoms with van der Waals surface area (Å²) in [6.45, 7) is 0.495. The number of halogens is 2. The highest BCUT2D eigenvalue weighted by molar-refractivity contribution is 5.86. The Hall–Kier alpha value is -3.47. The van der Waals surface area contributed by atoms with Gasteiger partial charge in [0, 0.05) is 42.0 Å². The topological polar surface area (TPSA) is 44.9 Å². The number of nitrogens with one attached hydrogen (secondary N) is 2. The maximum atomic E-state index is 14.6. The van der Waals surface area contributed by atoms with Crippen molar-refractivity contribution < 1.29 is 13.6 Å². The largest absolute Gasteiger partial charge is 0.361 e. The molecule has 1 atom stereocenters. The molecule has 0 aliphatic carbocycles. The van der Waals surface area contributed by atoms with Crippen LogP contribution in [0.5, 0.6) is 0 Å². The normalized spacial score (nSPS) is 12.1. The summed E-state index contributed by atoms with van der Waals surface area (Å²) < 4.78 is 28.1. The molecule has 1 aromatic heterocycles. The molecule has 0 saturated heterocycles. The van der Waals surface area contributed by atoms with E-state index in [4.69, 9.17) is 0 Å². The summed E-state index contributed by atoms with van der Waals surface area (Å²) >= 11 is 0. The van der Waals surface area contributed by atoms with Crippen LogP contribution >= 0.6 is 0 Å². The summed E-state index contributed by atoms with van der Waals surface area (Å²) in [5.74, 6) is -1.99. The Morgan fingerprint density at radius 2 is 1.70 bits per heavy atom. The number of aromatic amines is 1. The smallest absolute Gasteiger partial charge is 0.220 e. The van der Waals surface area contributed by atoms with Crippen LogP contribution < -0.4 is 5.32 Å². The van der Waals surface area contributed by atoms with Gasteiger partial charge in [-0.25, -0.2) is 8.78 Å². The van der Waals surface area contributed by atoms with Crippen molar-refractivity contribution in [3.63, 3.8) is 0 Å². The average molecular weight is 404 g/mol. The number of carbonyl (C=O) groups excluding carboxylic acids is 1. The predicted molar refractivity (Wildman–Crippen MR) is 114 cm³/mol. The standard InChI is InChI=1S/C25H22F2N2O/c26-18-10-11-19(23(27)14-18)21(22-16-29-24-9-5-4-8-20(22)24)15-25(30)28-13-12-17-6-2-1-3-7-17/h1-11,14,16,21,29H,12-13,15H2,(H,28,30)/t21-/m0/s1. The molecule has 1 heterocycles. The maximum Gasteiger partial charge on any atom is 0.220 e. The number of amides is 1. The molecule has 0 spiro atoms. The molecule has 152 valence electrons. The van der Waals surface area contributed by atoms with Gasteiger partial charge in [0.1, 0.15) is 11.6 Å². The van der Waals surface area contributed by atoms with Gasteiger partial charge in [-0.05, 0) is 35.2 Å². The molecule has 3 nitrogen and oxygen atoms in total. The molecule has 0 radical (unpaired) electrons. The fourth-order valence-corrected chi connectivity index (χ4v) is 3.80. The average Bonchev–Trinajstić information content (AvgIpc) is 3.17. The Morgan fingerprint density at radius 1 is 0.933 bits per heavy atom. The van der Waals surface area contributed by atoms with Crippen molar-refractivity contribution in [1.29, 1.82) is 0 Å². The van der Waals surface area contributed by atoms with Gasteiger partial charge in [-0.2, -0.15) is 0 Å². The number of hydrogen-bond donors (Lipinski definition) is 2. The number of H-pyrrole nitrogens is 1. The lowest BCUT2D eigenvalue weighted by atomic mass is 9.87. The summed E-state index contributed by atoms with van der Waals surface area (Å²) in [4.78, 5) is 15.9. The molecular weight excluding hydrogens is 382 g/mol. The Morgan fingerprint density at radius 3 is 2.50 bits per heavy atom. The van der Waals surface area contributed by atoms with Crippen LogP contribution in [-0.2, 0) is 11.2 Å². The Bertz CT molecular complexity index is 1150. The highest BCUT2D eigenvalue weighted by atomic mass is 19.1. The zero-order valence-corrected chi connectivity index (χ0v) is 16.4. The number of aromatic nitrogens is 1. The SMILES string of the molecule is O=C(C[C@@H](c1ccc(F)cc1F)c1c[nH]c2ccccc12)NCCc1ccccc1. The Kier molecular flexibility index (Phi) is 5.89. The molecule has 0 unspecified atom stereocenters. The minimum atomic E-state index is -0.651. The fraction of sp³-hybridized carbons (Fsp3) is 0.160. The first-order chi connectivity index (χ1) is 14.6. The molecule has 3 aromatic carbocycles. The first-order valence-electron chi connectivity index (χ1n) is 9.93. The van der Waals surface area contributed by atoms with Crippen molar-refractivity contribution in [2.45, 2.75) is 18.8 Å². The van der Waals surface area contributed by atoms with E-state index in [2.05, 4.69) is 10.3 Å². The van der Waals surface area contributed by atoms with Crippen LogP contribution in [0.4, 0.5) is 8.78 Å². The maximum absolute atomic E-state index is 14.6. The van der Waals surface area contributed by atoms with E-state index in [1.807, 2.05) is 54.6 Å². The van der Waals surface area contributed by atoms with Gasteiger partial charge in [0.15, 0.2) is 0 Å². The summed E-state index contributed by atoms with van der Waals surface area (Å²) in [5, 5.41) is 3.85. The number of fused-ring (bicyclic) bond motifs is 1. The molecule has 0 bridgehead atoms. The van der Waals surface area contributed by atoms with Crippen LogP contribution in [0.25, 0.3) is 10.9 Å². The molecule has 30 heavy (non-hydrogen) atoms. The third-order valence-corrected chi connectivity index (χ3v) is 5.30. The number of carbonyl (C=O) groups is 1. The van der Waals surface area contributed by atoms with E-state index in [1.165, 1.54) is 12.1 Å². The predicted octanol–water partition coefficient (Wildman–Crippen LogP) is 5.33. The lowest BCUT2D eigenvalue weighted by Crippen LogP contribution is -2.27. The van der Waals surface area contributed by atoms with Crippen molar-refractivity contribution >= 4 is 16.8 Å². The van der Waals surface area contributed by atoms with E-state index in [1.54, 1.807) is 6.20 Å². The molecule has 0 saturated carbocycles. The van der Waals surface area contributed by atoms with Gasteiger partial charge in [-0.3, -0.25) is 4.79 Å². The molecule has 0 aliphatic heterocycles. The molecule has 1 amide bonds. The van der Waals surface area contributed by atoms with Crippen molar-refractivity contribution in [3.8, 4) is 0 Å². The Labute approximate surface area is 173 Å². The molecule has 5 heteroatoms. The van der Waals surface area contributed by atoms with Crippen LogP contribution in [0.2, 0.25) is 0 Å². The minimum absolute atomic E-state index is 0.0686. The number of para-hydroxylation sites is 1. The van der Waals surface area contributed by atoms with Crippen molar-refractivity contribution in [3.05, 3.63) is 107 Å². The molecule has 2 N–H and O–H groups in total. The molecule has 4 aromatic rings. The van der Waals surface area contributed by atoms with Gasteiger partial charge in [-0.1, -0.05) is 54.6 Å². The van der Waals surface area contributed by atoms with Crippen LogP contribution in [0.3, 0.4) is 0 Å². The Balaban J connectivity index is 1.57. The highest BCUT2D eigenvalue weighted by Crippen LogP contribution is 2.34. The zero-order valence-electron chi connectivity index (χ0n) is 16.4. The number of rotatable bonds is 7. The second kappa shape index (κ2) is 8.91. The van der Waals surface area contributed by atoms with Gasteiger partial charge in [0.2, 0.25) is 5.91 Å². The highest BCUT2D eigenvalue weighted by Gasteiger charge is 2.24. The van der Waals surface area contributed by atoms with Gasteiger partial charge in [-0.15, -0.1) is 0 Å². The van der Waals surface area contributed by atoms with E-state index < -0.39 is 17.6 Å². The van der Waals surface area contributed by atoms with Crippen molar-refractivity contribution in [2.75, 3.05) is 6.54 Å². The van der Waals surface area contributed by atoms with Gasteiger partial charge in [0.25, 0.3) is 0 Å². The van der Waals surface area contributed by atoms with Crippen LogP contribution in [0.1, 0.15) is 29.0 Å². The summed E-state index contributed by atoms with van der Waals surface area (Å²) in [5.41, 5.74) is 3.16. The second-order valence-corrected chi connectivity index (χ2v) is 7.30. The quantitative estimate of drug-likeness (QED) is 0.430. The van der Waals surface area contributed by atoms with Crippen molar-refractivity contribution in [2.24, 2.45) is 0 Å². The third kappa shape index (κ3) is 4.40. The van der Waals surface area contributed by atoms with Crippen LogP contribution in [-0.4, -0.2) is 17.4 Å². The lowest BCUT2D eigenvalue weighted by molar-refractivity contribution is -0.121. The molecule has 0 aliphatic rings. The minimum Gasteiger partial charge on any atom is -0.361 e. The summed E-state index contributed by atoms with van der Waals surface area (Å²) in [7, 11) is 0. The third-order valence-electron chi connectivity index (χ3n) is 5.30. The summed E-state index contributed by atoms with van der Waals surface area (Å²) in [6.07, 6.45) is 2.59. The molecule has 4 rings (SSSR count). The number of benzene rings is 3. The monoisotopic (exact) mass is 404 g/mol. The van der Waals surface area contributed by atoms with E-state index in [9.17, 15) is 13.6 Å². The van der Waals surface area contributed by atoms with Gasteiger partial charge in [0.05, 0.1) is 0 Å². The van der Waals surface area contributed by atoms with Crippen molar-refractivity contribution in [1.82, 2.24) is 10.3 Å². The van der Waals surface area contributed by atoms with Gasteiger partial charge >= 0.3 is 0 Å². The first kappa shape index (κ1) is 19.8. The summed E-state index contributed by atoms with van der Waals surface area (Å²) in [6, 6.07) is 21.1. The number of hydrogen-bond acceptors (Lipinski definition) is 1. The first-order valence-corrected chi connectivity index (χ1v) is 9.93. The lowest BCUT2D eigenvalue weighted by Gasteiger charge is -2.18. The van der Waals surface area contributed by atoms with Gasteiger partial charge < -0.3 is 10.3 Å². The fourth-order valence-electron chi connectivity index (χ4n) is 3.80. The van der Waals surface area contributed by atoms with Crippen LogP contribution in [0, 0.1) is 11.6 Å². The molecular formula is C25H22F2N2O. The molecule has 0 fully saturated rings. The van der Waals surface area contributed by atoms with E-state index >= 15 is 0 Å². The van der Waals surface area contributed by atoms with E-state index in [-0.39, 0.29) is 12.3 Å². The second-order valence-electron chi connectivity index (χ2n) is 7.30. The van der Waals surface area contributed by atoms with Crippen LogP contribution in [0.15, 0.2) is 79.0 Å².